The molecule has 20 heavy (non-hydrogen) atoms. The quantitative estimate of drug-likeness (QED) is 0.860. The normalized spacial score (nSPS) is 14.2. The predicted octanol–water partition coefficient (Wildman–Crippen LogP) is 2.53. The molecule has 6 heteroatoms. The predicted molar refractivity (Wildman–Crippen MR) is 85.6 cm³/mol. The molecule has 108 valence electrons. The van der Waals surface area contributed by atoms with E-state index < -0.39 is 5.60 Å². The topological polar surface area (TPSA) is 62.2 Å². The van der Waals surface area contributed by atoms with Gasteiger partial charge in [-0.3, -0.25) is 4.79 Å². The van der Waals surface area contributed by atoms with Crippen LogP contribution in [-0.2, 0) is 0 Å². The summed E-state index contributed by atoms with van der Waals surface area (Å²) >= 11 is 3.04. The van der Waals surface area contributed by atoms with Crippen LogP contribution in [0.4, 0.5) is 0 Å². The fourth-order valence-electron chi connectivity index (χ4n) is 1.73. The van der Waals surface area contributed by atoms with Crippen LogP contribution in [0.5, 0.6) is 0 Å². The van der Waals surface area contributed by atoms with Crippen LogP contribution in [0.1, 0.15) is 23.1 Å². The van der Waals surface area contributed by atoms with E-state index in [0.29, 0.717) is 11.4 Å². The summed E-state index contributed by atoms with van der Waals surface area (Å²) in [5, 5.41) is 13.3. The van der Waals surface area contributed by atoms with Crippen LogP contribution in [0.25, 0.3) is 10.2 Å². The van der Waals surface area contributed by atoms with Crippen LogP contribution >= 0.6 is 23.1 Å². The van der Waals surface area contributed by atoms with Gasteiger partial charge in [0.05, 0.1) is 15.8 Å². The van der Waals surface area contributed by atoms with Crippen LogP contribution in [0.2, 0.25) is 0 Å². The first-order valence-corrected chi connectivity index (χ1v) is 8.58. The van der Waals surface area contributed by atoms with Crippen molar-refractivity contribution in [2.24, 2.45) is 0 Å². The Morgan fingerprint density at radius 2 is 2.25 bits per heavy atom. The molecule has 0 bridgehead atoms. The van der Waals surface area contributed by atoms with Gasteiger partial charge in [0.25, 0.3) is 5.91 Å². The number of nitrogens with zero attached hydrogens (tertiary/aromatic N) is 1. The summed E-state index contributed by atoms with van der Waals surface area (Å²) in [6.07, 6.45) is 2.64. The fourth-order valence-corrected chi connectivity index (χ4v) is 3.25. The van der Waals surface area contributed by atoms with Crippen LogP contribution in [-0.4, -0.2) is 40.2 Å². The van der Waals surface area contributed by atoms with E-state index in [0.717, 1.165) is 16.0 Å². The lowest BCUT2D eigenvalue weighted by Crippen LogP contribution is -2.41. The minimum Gasteiger partial charge on any atom is -0.388 e. The number of rotatable bonds is 6. The lowest BCUT2D eigenvalue weighted by Gasteiger charge is -2.22. The number of fused-ring (bicyclic) bond motifs is 1. The minimum atomic E-state index is -0.880. The van der Waals surface area contributed by atoms with Crippen molar-refractivity contribution >= 4 is 39.2 Å². The molecule has 0 spiro atoms. The maximum Gasteiger partial charge on any atom is 0.280 e. The Bertz CT molecular complexity index is 563. The van der Waals surface area contributed by atoms with Crippen LogP contribution < -0.4 is 5.32 Å². The van der Waals surface area contributed by atoms with Crippen molar-refractivity contribution in [3.05, 3.63) is 29.3 Å². The molecule has 2 N–H and O–H groups in total. The van der Waals surface area contributed by atoms with Gasteiger partial charge in [0.2, 0.25) is 0 Å². The third kappa shape index (κ3) is 3.94. The molecule has 2 rings (SSSR count). The van der Waals surface area contributed by atoms with Gasteiger partial charge in [-0.05, 0) is 37.5 Å². The number of carbonyl (C=O) groups excluding carboxylic acids is 1. The number of hydrogen-bond donors (Lipinski definition) is 2. The average Bonchev–Trinajstić information content (AvgIpc) is 2.86. The number of aliphatic hydroxyl groups is 1. The van der Waals surface area contributed by atoms with E-state index in [1.54, 1.807) is 18.7 Å². The molecule has 2 aromatic rings. The highest BCUT2D eigenvalue weighted by Gasteiger charge is 2.22. The molecule has 0 aliphatic carbocycles. The third-order valence-electron chi connectivity index (χ3n) is 2.96. The second kappa shape index (κ2) is 6.56. The summed E-state index contributed by atoms with van der Waals surface area (Å²) in [7, 11) is 0. The van der Waals surface area contributed by atoms with Crippen LogP contribution in [0.15, 0.2) is 24.3 Å². The Balaban J connectivity index is 1.98. The van der Waals surface area contributed by atoms with E-state index in [2.05, 4.69) is 10.3 Å². The van der Waals surface area contributed by atoms with E-state index in [9.17, 15) is 9.90 Å². The zero-order valence-electron chi connectivity index (χ0n) is 11.5. The smallest absolute Gasteiger partial charge is 0.280 e. The van der Waals surface area contributed by atoms with Crippen molar-refractivity contribution in [1.29, 1.82) is 0 Å². The second-order valence-electron chi connectivity index (χ2n) is 4.91. The number of nitrogens with one attached hydrogen (secondary N) is 1. The van der Waals surface area contributed by atoms with Gasteiger partial charge < -0.3 is 10.4 Å². The molecule has 1 aromatic carbocycles. The Morgan fingerprint density at radius 1 is 1.50 bits per heavy atom. The van der Waals surface area contributed by atoms with E-state index >= 15 is 0 Å². The van der Waals surface area contributed by atoms with Crippen molar-refractivity contribution < 1.29 is 9.90 Å². The van der Waals surface area contributed by atoms with Gasteiger partial charge in [-0.15, -0.1) is 11.3 Å². The van der Waals surface area contributed by atoms with Crippen molar-refractivity contribution in [1.82, 2.24) is 10.3 Å². The van der Waals surface area contributed by atoms with Crippen LogP contribution in [0.3, 0.4) is 0 Å². The number of para-hydroxylation sites is 1. The lowest BCUT2D eigenvalue weighted by atomic mass is 10.0. The molecule has 0 aliphatic heterocycles. The van der Waals surface area contributed by atoms with E-state index in [1.165, 1.54) is 11.3 Å². The van der Waals surface area contributed by atoms with Gasteiger partial charge in [-0.25, -0.2) is 4.98 Å². The van der Waals surface area contributed by atoms with E-state index in [-0.39, 0.29) is 12.5 Å². The SMILES string of the molecule is CSCC[C@](C)(O)CNC(=O)c1nc2ccccc2s1. The molecule has 1 heterocycles. The molecule has 0 saturated heterocycles. The molecule has 0 saturated carbocycles. The number of thiazole rings is 1. The molecule has 1 amide bonds. The van der Waals surface area contributed by atoms with E-state index in [1.807, 2.05) is 30.5 Å². The van der Waals surface area contributed by atoms with Gasteiger partial charge >= 0.3 is 0 Å². The third-order valence-corrected chi connectivity index (χ3v) is 4.61. The Hall–Kier alpha value is -1.11. The summed E-state index contributed by atoms with van der Waals surface area (Å²) in [5.74, 6) is 0.639. The first-order chi connectivity index (χ1) is 9.52. The molecule has 0 unspecified atom stereocenters. The molecular formula is C14H18N2O2S2. The maximum atomic E-state index is 12.1. The van der Waals surface area contributed by atoms with Gasteiger partial charge in [-0.2, -0.15) is 11.8 Å². The van der Waals surface area contributed by atoms with Crippen molar-refractivity contribution in [2.45, 2.75) is 18.9 Å². The highest BCUT2D eigenvalue weighted by Crippen LogP contribution is 2.21. The minimum absolute atomic E-state index is 0.226. The number of amides is 1. The van der Waals surface area contributed by atoms with Gasteiger partial charge in [0.1, 0.15) is 0 Å². The summed E-state index contributed by atoms with van der Waals surface area (Å²) in [6.45, 7) is 1.98. The highest BCUT2D eigenvalue weighted by atomic mass is 32.2. The number of benzene rings is 1. The Kier molecular flexibility index (Phi) is 5.01. The van der Waals surface area contributed by atoms with Gasteiger partial charge in [-0.1, -0.05) is 12.1 Å². The summed E-state index contributed by atoms with van der Waals surface area (Å²) < 4.78 is 0.992. The largest absolute Gasteiger partial charge is 0.388 e. The highest BCUT2D eigenvalue weighted by molar-refractivity contribution is 7.98. The summed E-state index contributed by atoms with van der Waals surface area (Å²) in [6, 6.07) is 7.65. The van der Waals surface area contributed by atoms with Crippen molar-refractivity contribution in [2.75, 3.05) is 18.6 Å². The standard InChI is InChI=1S/C14H18N2O2S2/c1-14(18,7-8-19-2)9-15-12(17)13-16-10-5-3-4-6-11(10)20-13/h3-6,18H,7-9H2,1-2H3,(H,15,17)/t14-/m0/s1. The Morgan fingerprint density at radius 3 is 2.95 bits per heavy atom. The first-order valence-electron chi connectivity index (χ1n) is 6.37. The molecule has 0 radical (unpaired) electrons. The number of thioether (sulfide) groups is 1. The monoisotopic (exact) mass is 310 g/mol. The molecule has 0 aliphatic rings. The molecule has 0 fully saturated rings. The van der Waals surface area contributed by atoms with Crippen LogP contribution in [0, 0.1) is 0 Å². The number of hydrogen-bond acceptors (Lipinski definition) is 5. The first kappa shape index (κ1) is 15.3. The fraction of sp³-hybridized carbons (Fsp3) is 0.429. The average molecular weight is 310 g/mol. The van der Waals surface area contributed by atoms with Gasteiger partial charge in [0, 0.05) is 6.54 Å². The number of carbonyl (C=O) groups is 1. The number of aromatic nitrogens is 1. The summed E-state index contributed by atoms with van der Waals surface area (Å²) in [4.78, 5) is 16.4. The molecule has 1 aromatic heterocycles. The van der Waals surface area contributed by atoms with Crippen molar-refractivity contribution in [3.8, 4) is 0 Å². The molecule has 1 atom stereocenters. The zero-order valence-corrected chi connectivity index (χ0v) is 13.2. The zero-order chi connectivity index (χ0) is 14.6. The summed E-state index contributed by atoms with van der Waals surface area (Å²) in [5.41, 5.74) is -0.0492. The molecule has 4 nitrogen and oxygen atoms in total. The maximum absolute atomic E-state index is 12.1. The van der Waals surface area contributed by atoms with E-state index in [4.69, 9.17) is 0 Å². The van der Waals surface area contributed by atoms with Gasteiger partial charge in [0.15, 0.2) is 5.01 Å². The van der Waals surface area contributed by atoms with Crippen molar-refractivity contribution in [3.63, 3.8) is 0 Å². The Labute approximate surface area is 126 Å². The lowest BCUT2D eigenvalue weighted by molar-refractivity contribution is 0.0528. The second-order valence-corrected chi connectivity index (χ2v) is 6.93. The molecular weight excluding hydrogens is 292 g/mol.